The van der Waals surface area contributed by atoms with E-state index in [1.54, 1.807) is 0 Å². The van der Waals surface area contributed by atoms with Gasteiger partial charge in [-0.15, -0.1) is 0 Å². The molecule has 1 heterocycles. The van der Waals surface area contributed by atoms with Crippen LogP contribution in [-0.2, 0) is 0 Å². The van der Waals surface area contributed by atoms with E-state index in [4.69, 9.17) is 10.5 Å². The van der Waals surface area contributed by atoms with Crippen molar-refractivity contribution in [3.63, 3.8) is 0 Å². The number of ether oxygens (including phenoxy) is 1. The van der Waals surface area contributed by atoms with Gasteiger partial charge in [-0.05, 0) is 43.6 Å². The summed E-state index contributed by atoms with van der Waals surface area (Å²) in [6.45, 7) is 0.606. The van der Waals surface area contributed by atoms with E-state index in [-0.39, 0.29) is 24.2 Å². The summed E-state index contributed by atoms with van der Waals surface area (Å²) in [5.41, 5.74) is 6.96. The van der Waals surface area contributed by atoms with E-state index in [2.05, 4.69) is 0 Å². The lowest BCUT2D eigenvalue weighted by Gasteiger charge is -2.49. The first-order valence-corrected chi connectivity index (χ1v) is 9.62. The zero-order valence-electron chi connectivity index (χ0n) is 14.6. The highest BCUT2D eigenvalue weighted by atomic mass is 16.5. The van der Waals surface area contributed by atoms with E-state index in [9.17, 15) is 9.90 Å². The minimum Gasteiger partial charge on any atom is -0.493 e. The van der Waals surface area contributed by atoms with Crippen LogP contribution in [0.2, 0.25) is 0 Å². The van der Waals surface area contributed by atoms with E-state index in [0.717, 1.165) is 49.8 Å². The van der Waals surface area contributed by atoms with Crippen molar-refractivity contribution in [1.29, 1.82) is 0 Å². The molecule has 2 saturated carbocycles. The Balaban J connectivity index is 1.66. The van der Waals surface area contributed by atoms with Gasteiger partial charge in [0.1, 0.15) is 5.75 Å². The molecule has 5 heteroatoms. The van der Waals surface area contributed by atoms with Crippen molar-refractivity contribution in [2.24, 2.45) is 17.6 Å². The van der Waals surface area contributed by atoms with Crippen molar-refractivity contribution < 1.29 is 14.6 Å². The Morgan fingerprint density at radius 3 is 2.84 bits per heavy atom. The van der Waals surface area contributed by atoms with Gasteiger partial charge in [0.05, 0.1) is 18.8 Å². The number of benzene rings is 1. The van der Waals surface area contributed by atoms with Crippen LogP contribution in [0.25, 0.3) is 0 Å². The van der Waals surface area contributed by atoms with Crippen molar-refractivity contribution in [3.8, 4) is 5.75 Å². The van der Waals surface area contributed by atoms with Crippen LogP contribution in [0.3, 0.4) is 0 Å². The van der Waals surface area contributed by atoms with E-state index in [1.807, 2.05) is 29.2 Å². The van der Waals surface area contributed by atoms with Crippen LogP contribution >= 0.6 is 0 Å². The molecule has 25 heavy (non-hydrogen) atoms. The highest BCUT2D eigenvalue weighted by Gasteiger charge is 2.44. The second kappa shape index (κ2) is 6.87. The van der Waals surface area contributed by atoms with Crippen LogP contribution in [0.15, 0.2) is 24.3 Å². The van der Waals surface area contributed by atoms with Crippen molar-refractivity contribution in [2.45, 2.75) is 63.1 Å². The monoisotopic (exact) mass is 344 g/mol. The van der Waals surface area contributed by atoms with Crippen molar-refractivity contribution in [3.05, 3.63) is 29.8 Å². The Hall–Kier alpha value is -1.75. The molecule has 0 spiro atoms. The third-order valence-electron chi connectivity index (χ3n) is 6.46. The number of carbonyl (C=O) groups excluding carboxylic acids is 1. The predicted molar refractivity (Wildman–Crippen MR) is 95.2 cm³/mol. The fourth-order valence-corrected chi connectivity index (χ4v) is 5.38. The smallest absolute Gasteiger partial charge is 0.315 e. The lowest BCUT2D eigenvalue weighted by Crippen LogP contribution is -2.54. The number of para-hydroxylation sites is 1. The van der Waals surface area contributed by atoms with Crippen molar-refractivity contribution in [1.82, 2.24) is 4.90 Å². The highest BCUT2D eigenvalue weighted by Crippen LogP contribution is 2.46. The first kappa shape index (κ1) is 16.7. The van der Waals surface area contributed by atoms with Gasteiger partial charge in [0, 0.05) is 18.0 Å². The molecular weight excluding hydrogens is 316 g/mol. The molecule has 3 N–H and O–H groups in total. The number of aliphatic hydroxyl groups excluding tert-OH is 1. The molecule has 2 fully saturated rings. The predicted octanol–water partition coefficient (Wildman–Crippen LogP) is 3.22. The summed E-state index contributed by atoms with van der Waals surface area (Å²) < 4.78 is 5.78. The maximum atomic E-state index is 12.5. The molecule has 4 rings (SSSR count). The Bertz CT molecular complexity index is 635. The van der Waals surface area contributed by atoms with Gasteiger partial charge in [-0.2, -0.15) is 0 Å². The standard InChI is InChI=1S/C20H28N2O3/c21-20(24)22(18-10-11-25-19-7-2-1-5-15(18)19)17-6-3-4-13-8-9-14(23)12-16(13)17/h1-2,5,7,13-14,16-18,23H,3-4,6,8-12H2,(H2,21,24)/t13?,14?,16?,17?,18-/m1/s1. The molecule has 4 unspecified atom stereocenters. The first-order chi connectivity index (χ1) is 12.1. The van der Waals surface area contributed by atoms with Crippen LogP contribution in [-0.4, -0.2) is 34.8 Å². The van der Waals surface area contributed by atoms with Crippen LogP contribution in [0, 0.1) is 11.8 Å². The average Bonchev–Trinajstić information content (AvgIpc) is 2.62. The summed E-state index contributed by atoms with van der Waals surface area (Å²) in [7, 11) is 0. The Kier molecular flexibility index (Phi) is 4.59. The molecule has 3 aliphatic rings. The number of hydrogen-bond acceptors (Lipinski definition) is 3. The number of hydrogen-bond donors (Lipinski definition) is 2. The minimum absolute atomic E-state index is 0.0229. The van der Waals surface area contributed by atoms with E-state index < -0.39 is 0 Å². The summed E-state index contributed by atoms with van der Waals surface area (Å²) >= 11 is 0. The zero-order valence-corrected chi connectivity index (χ0v) is 14.6. The lowest BCUT2D eigenvalue weighted by molar-refractivity contribution is -0.0108. The van der Waals surface area contributed by atoms with E-state index >= 15 is 0 Å². The number of nitrogens with two attached hydrogens (primary N) is 1. The number of aliphatic hydroxyl groups is 1. The molecule has 0 aromatic heterocycles. The number of nitrogens with zero attached hydrogens (tertiary/aromatic N) is 1. The van der Waals surface area contributed by atoms with Gasteiger partial charge < -0.3 is 20.5 Å². The number of carbonyl (C=O) groups is 1. The Labute approximate surface area is 149 Å². The molecule has 5 atom stereocenters. The molecule has 1 aromatic rings. The van der Waals surface area contributed by atoms with Gasteiger partial charge in [0.25, 0.3) is 0 Å². The summed E-state index contributed by atoms with van der Waals surface area (Å²) in [4.78, 5) is 14.4. The largest absolute Gasteiger partial charge is 0.493 e. The minimum atomic E-state index is -0.340. The molecule has 5 nitrogen and oxygen atoms in total. The fourth-order valence-electron chi connectivity index (χ4n) is 5.38. The summed E-state index contributed by atoms with van der Waals surface area (Å²) in [5, 5.41) is 10.2. The molecule has 2 aliphatic carbocycles. The molecule has 0 radical (unpaired) electrons. The molecule has 0 bridgehead atoms. The van der Waals surface area contributed by atoms with Crippen LogP contribution < -0.4 is 10.5 Å². The van der Waals surface area contributed by atoms with Crippen LogP contribution in [0.5, 0.6) is 5.75 Å². The van der Waals surface area contributed by atoms with Gasteiger partial charge in [-0.3, -0.25) is 0 Å². The number of urea groups is 1. The quantitative estimate of drug-likeness (QED) is 0.865. The van der Waals surface area contributed by atoms with Gasteiger partial charge in [-0.1, -0.05) is 31.0 Å². The summed E-state index contributed by atoms with van der Waals surface area (Å²) in [5.74, 6) is 1.83. The second-order valence-corrected chi connectivity index (χ2v) is 7.83. The van der Waals surface area contributed by atoms with Gasteiger partial charge in [-0.25, -0.2) is 4.79 Å². The van der Waals surface area contributed by atoms with Gasteiger partial charge in [0.2, 0.25) is 0 Å². The van der Waals surface area contributed by atoms with Crippen molar-refractivity contribution in [2.75, 3.05) is 6.61 Å². The number of primary amides is 1. The second-order valence-electron chi connectivity index (χ2n) is 7.83. The number of fused-ring (bicyclic) bond motifs is 2. The maximum absolute atomic E-state index is 12.5. The molecule has 1 aliphatic heterocycles. The fraction of sp³-hybridized carbons (Fsp3) is 0.650. The first-order valence-electron chi connectivity index (χ1n) is 9.62. The molecule has 0 saturated heterocycles. The topological polar surface area (TPSA) is 75.8 Å². The van der Waals surface area contributed by atoms with Crippen LogP contribution in [0.4, 0.5) is 4.79 Å². The number of rotatable bonds is 2. The van der Waals surface area contributed by atoms with Crippen molar-refractivity contribution >= 4 is 6.03 Å². The average molecular weight is 344 g/mol. The van der Waals surface area contributed by atoms with E-state index in [1.165, 1.54) is 6.42 Å². The third kappa shape index (κ3) is 3.10. The zero-order chi connectivity index (χ0) is 17.4. The van der Waals surface area contributed by atoms with Crippen LogP contribution in [0.1, 0.15) is 56.6 Å². The third-order valence-corrected chi connectivity index (χ3v) is 6.46. The summed E-state index contributed by atoms with van der Waals surface area (Å²) in [6.07, 6.45) is 6.63. The molecule has 1 aromatic carbocycles. The Morgan fingerprint density at radius 2 is 2.00 bits per heavy atom. The van der Waals surface area contributed by atoms with Gasteiger partial charge >= 0.3 is 6.03 Å². The Morgan fingerprint density at radius 1 is 1.16 bits per heavy atom. The SMILES string of the molecule is NC(=O)N(C1CCCC2CCC(O)CC21)[C@@H]1CCOc2ccccc21. The van der Waals surface area contributed by atoms with Gasteiger partial charge in [0.15, 0.2) is 0 Å². The normalized spacial score (nSPS) is 34.4. The molecule has 136 valence electrons. The molecular formula is C20H28N2O3. The summed E-state index contributed by atoms with van der Waals surface area (Å²) in [6, 6.07) is 7.73. The number of amides is 2. The van der Waals surface area contributed by atoms with E-state index in [0.29, 0.717) is 18.4 Å². The lowest BCUT2D eigenvalue weighted by atomic mass is 9.67. The highest BCUT2D eigenvalue weighted by molar-refractivity contribution is 5.73. The maximum Gasteiger partial charge on any atom is 0.315 e. The molecule has 2 amide bonds.